The molecule has 0 fully saturated rings. The molecule has 3 rings (SSSR count). The molecule has 3 N–H and O–H groups in total. The number of imidazole rings is 1. The summed E-state index contributed by atoms with van der Waals surface area (Å²) in [4.78, 5) is 32.2. The number of rotatable bonds is 8. The van der Waals surface area contributed by atoms with Crippen LogP contribution in [-0.2, 0) is 21.8 Å². The van der Waals surface area contributed by atoms with E-state index >= 15 is 0 Å². The van der Waals surface area contributed by atoms with E-state index in [-0.39, 0.29) is 48.3 Å². The summed E-state index contributed by atoms with van der Waals surface area (Å²) in [6.45, 7) is 9.59. The van der Waals surface area contributed by atoms with Gasteiger partial charge < -0.3 is 34.7 Å². The summed E-state index contributed by atoms with van der Waals surface area (Å²) < 4.78 is 41.8. The van der Waals surface area contributed by atoms with Gasteiger partial charge in [0, 0.05) is 57.6 Å². The Morgan fingerprint density at radius 3 is 2.59 bits per heavy atom. The number of hydrogen-bond donors (Lipinski definition) is 3. The fourth-order valence-corrected chi connectivity index (χ4v) is 6.07. The van der Waals surface area contributed by atoms with Crippen LogP contribution in [-0.4, -0.2) is 102 Å². The fourth-order valence-electron chi connectivity index (χ4n) is 4.93. The highest BCUT2D eigenvalue weighted by Crippen LogP contribution is 2.29. The molecule has 1 aromatic carbocycles. The van der Waals surface area contributed by atoms with E-state index in [1.54, 1.807) is 41.6 Å². The minimum absolute atomic E-state index is 0.0464. The van der Waals surface area contributed by atoms with Gasteiger partial charge in [-0.1, -0.05) is 6.92 Å². The molecule has 1 aromatic heterocycles. The summed E-state index contributed by atoms with van der Waals surface area (Å²) in [5, 5.41) is 15.6. The Kier molecular flexibility index (Phi) is 12.6. The van der Waals surface area contributed by atoms with Crippen LogP contribution in [0.2, 0.25) is 0 Å². The minimum atomic E-state index is -3.87. The molecule has 2 aromatic rings. The van der Waals surface area contributed by atoms with Gasteiger partial charge in [-0.15, -0.1) is 0 Å². The first kappa shape index (κ1) is 35.3. The van der Waals surface area contributed by atoms with E-state index in [1.807, 2.05) is 27.7 Å². The predicted octanol–water partition coefficient (Wildman–Crippen LogP) is 3.07. The highest BCUT2D eigenvalue weighted by Gasteiger charge is 2.33. The van der Waals surface area contributed by atoms with Crippen LogP contribution in [0, 0.1) is 5.92 Å². The SMILES string of the molecule is CC(C)NC(=O)Nc1ccc2c(c1)C(=O)N([C@H](C)CO)C[C@H](C)[C@@H](CN(C)S(=O)(=O)c1cn(C)cn1)OCCCC[C@@H](C)O2. The van der Waals surface area contributed by atoms with Crippen LogP contribution < -0.4 is 15.4 Å². The number of sulfonamides is 1. The van der Waals surface area contributed by atoms with Gasteiger partial charge in [-0.25, -0.2) is 18.2 Å². The maximum atomic E-state index is 14.2. The number of nitrogens with one attached hydrogen (secondary N) is 2. The number of fused-ring (bicyclic) bond motifs is 1. The second-order valence-corrected chi connectivity index (χ2v) is 13.9. The Balaban J connectivity index is 1.96. The number of aryl methyl sites for hydroxylation is 1. The molecule has 0 saturated heterocycles. The molecule has 0 saturated carbocycles. The lowest BCUT2D eigenvalue weighted by Crippen LogP contribution is -2.48. The van der Waals surface area contributed by atoms with Gasteiger partial charge in [-0.2, -0.15) is 4.31 Å². The second-order valence-electron chi connectivity index (χ2n) is 11.9. The molecule has 1 aliphatic rings. The highest BCUT2D eigenvalue weighted by atomic mass is 32.2. The van der Waals surface area contributed by atoms with Crippen LogP contribution in [0.4, 0.5) is 10.5 Å². The van der Waals surface area contributed by atoms with Crippen LogP contribution in [0.15, 0.2) is 35.7 Å². The van der Waals surface area contributed by atoms with Crippen molar-refractivity contribution in [1.29, 1.82) is 0 Å². The lowest BCUT2D eigenvalue weighted by Gasteiger charge is -2.35. The molecule has 13 nitrogen and oxygen atoms in total. The zero-order chi connectivity index (χ0) is 32.6. The van der Waals surface area contributed by atoms with Crippen molar-refractivity contribution in [1.82, 2.24) is 24.1 Å². The number of anilines is 1. The lowest BCUT2D eigenvalue weighted by molar-refractivity contribution is -0.00835. The van der Waals surface area contributed by atoms with Crippen LogP contribution >= 0.6 is 0 Å². The molecule has 0 spiro atoms. The van der Waals surface area contributed by atoms with E-state index in [2.05, 4.69) is 15.6 Å². The lowest BCUT2D eigenvalue weighted by atomic mass is 10.0. The molecule has 246 valence electrons. The quantitative estimate of drug-likeness (QED) is 0.399. The molecule has 0 unspecified atom stereocenters. The third-order valence-electron chi connectivity index (χ3n) is 7.52. The average Bonchev–Trinajstić information content (AvgIpc) is 3.41. The van der Waals surface area contributed by atoms with Crippen molar-refractivity contribution in [2.45, 2.75) is 83.2 Å². The normalized spacial score (nSPS) is 21.4. The van der Waals surface area contributed by atoms with Gasteiger partial charge >= 0.3 is 6.03 Å². The molecule has 0 radical (unpaired) electrons. The number of ether oxygens (including phenoxy) is 2. The third kappa shape index (κ3) is 9.40. The Hall–Kier alpha value is -3.20. The van der Waals surface area contributed by atoms with E-state index in [0.29, 0.717) is 24.5 Å². The Labute approximate surface area is 261 Å². The second kappa shape index (κ2) is 15.7. The largest absolute Gasteiger partial charge is 0.490 e. The van der Waals surface area contributed by atoms with Crippen molar-refractivity contribution >= 4 is 27.6 Å². The van der Waals surface area contributed by atoms with Crippen LogP contribution in [0.5, 0.6) is 5.75 Å². The predicted molar refractivity (Wildman–Crippen MR) is 167 cm³/mol. The molecule has 0 aliphatic carbocycles. The summed E-state index contributed by atoms with van der Waals surface area (Å²) in [6, 6.07) is 3.90. The van der Waals surface area contributed by atoms with E-state index in [9.17, 15) is 23.1 Å². The summed E-state index contributed by atoms with van der Waals surface area (Å²) in [7, 11) is -0.682. The number of amides is 3. The van der Waals surface area contributed by atoms with Crippen LogP contribution in [0.25, 0.3) is 0 Å². The van der Waals surface area contributed by atoms with Gasteiger partial charge in [0.2, 0.25) is 0 Å². The third-order valence-corrected chi connectivity index (χ3v) is 9.23. The van der Waals surface area contributed by atoms with E-state index in [1.165, 1.54) is 23.9 Å². The first-order valence-corrected chi connectivity index (χ1v) is 16.5. The van der Waals surface area contributed by atoms with Crippen LogP contribution in [0.3, 0.4) is 0 Å². The van der Waals surface area contributed by atoms with Gasteiger partial charge in [-0.3, -0.25) is 4.79 Å². The van der Waals surface area contributed by atoms with Gasteiger partial charge in [0.1, 0.15) is 5.75 Å². The van der Waals surface area contributed by atoms with Gasteiger partial charge in [-0.05, 0) is 65.2 Å². The maximum Gasteiger partial charge on any atom is 0.319 e. The number of benzene rings is 1. The fraction of sp³-hybridized carbons (Fsp3) is 0.633. The number of aliphatic hydroxyl groups is 1. The number of aromatic nitrogens is 2. The molecule has 14 heteroatoms. The Bertz CT molecular complexity index is 1370. The number of carbonyl (C=O) groups excluding carboxylic acids is 2. The molecule has 3 amide bonds. The Morgan fingerprint density at radius 2 is 1.95 bits per heavy atom. The Morgan fingerprint density at radius 1 is 1.23 bits per heavy atom. The average molecular weight is 637 g/mol. The molecular weight excluding hydrogens is 588 g/mol. The standard InChI is InChI=1S/C30H48N6O7S/c1-20(2)32-30(39)33-24-11-12-26-25(14-24)29(38)36(22(4)18-37)15-21(3)27(42-13-9-8-10-23(5)43-26)16-35(7)44(40,41)28-17-34(6)19-31-28/h11-12,14,17,19-23,27,37H,8-10,13,15-16,18H2,1-7H3,(H2,32,33,39)/t21-,22+,23+,27+/m0/s1. The van der Waals surface area contributed by atoms with E-state index in [0.717, 1.165) is 12.8 Å². The van der Waals surface area contributed by atoms with Crippen molar-refractivity contribution in [3.8, 4) is 5.75 Å². The van der Waals surface area contributed by atoms with Gasteiger partial charge in [0.25, 0.3) is 15.9 Å². The number of urea groups is 1. The molecule has 0 bridgehead atoms. The van der Waals surface area contributed by atoms with E-state index in [4.69, 9.17) is 9.47 Å². The van der Waals surface area contributed by atoms with Crippen LogP contribution in [0.1, 0.15) is 64.2 Å². The van der Waals surface area contributed by atoms with Crippen molar-refractivity contribution in [2.75, 3.05) is 38.7 Å². The van der Waals surface area contributed by atoms with Gasteiger partial charge in [0.15, 0.2) is 5.03 Å². The number of hydrogen-bond acceptors (Lipinski definition) is 8. The first-order valence-electron chi connectivity index (χ1n) is 15.1. The zero-order valence-corrected chi connectivity index (χ0v) is 27.6. The molecule has 4 atom stereocenters. The van der Waals surface area contributed by atoms with Gasteiger partial charge in [0.05, 0.1) is 36.7 Å². The molecule has 2 heterocycles. The molecular formula is C30H48N6O7S. The van der Waals surface area contributed by atoms with Crippen molar-refractivity contribution in [3.63, 3.8) is 0 Å². The number of likely N-dealkylation sites (N-methyl/N-ethyl adjacent to an activating group) is 1. The summed E-state index contributed by atoms with van der Waals surface area (Å²) in [6.07, 6.45) is 4.37. The van der Waals surface area contributed by atoms with Crippen molar-refractivity contribution in [2.24, 2.45) is 13.0 Å². The van der Waals surface area contributed by atoms with E-state index < -0.39 is 34.1 Å². The number of nitrogens with zero attached hydrogens (tertiary/aromatic N) is 4. The highest BCUT2D eigenvalue weighted by molar-refractivity contribution is 7.89. The molecule has 1 aliphatic heterocycles. The maximum absolute atomic E-state index is 14.2. The first-order chi connectivity index (χ1) is 20.7. The monoisotopic (exact) mass is 636 g/mol. The van der Waals surface area contributed by atoms with Crippen molar-refractivity contribution < 1.29 is 32.6 Å². The topological polar surface area (TPSA) is 155 Å². The molecule has 44 heavy (non-hydrogen) atoms. The smallest absolute Gasteiger partial charge is 0.319 e. The number of carbonyl (C=O) groups is 2. The summed E-state index contributed by atoms with van der Waals surface area (Å²) in [5.74, 6) is -0.330. The summed E-state index contributed by atoms with van der Waals surface area (Å²) in [5.41, 5.74) is 0.663. The number of aliphatic hydroxyl groups excluding tert-OH is 1. The summed E-state index contributed by atoms with van der Waals surface area (Å²) >= 11 is 0. The van der Waals surface area contributed by atoms with Crippen molar-refractivity contribution in [3.05, 3.63) is 36.3 Å². The zero-order valence-electron chi connectivity index (χ0n) is 26.8. The minimum Gasteiger partial charge on any atom is -0.490 e.